The Labute approximate surface area is 142 Å². The summed E-state index contributed by atoms with van der Waals surface area (Å²) in [6.45, 7) is 2.33. The third-order valence-electron chi connectivity index (χ3n) is 3.18. The second-order valence-corrected chi connectivity index (χ2v) is 6.61. The minimum Gasteiger partial charge on any atom is -0.467 e. The first-order chi connectivity index (χ1) is 11.2. The van der Waals surface area contributed by atoms with E-state index in [1.807, 2.05) is 47.9 Å². The maximum Gasteiger partial charge on any atom is 0.193 e. The van der Waals surface area contributed by atoms with Gasteiger partial charge in [0.2, 0.25) is 0 Å². The molecule has 0 radical (unpaired) electrons. The number of aromatic nitrogens is 3. The SMILES string of the molecule is CC(C#N)Sc1nnc(-c2ccc(Cl)cc2)n1Cc1ccco1. The van der Waals surface area contributed by atoms with E-state index in [0.717, 1.165) is 11.3 Å². The second-order valence-electron chi connectivity index (χ2n) is 4.87. The molecule has 116 valence electrons. The normalized spacial score (nSPS) is 12.0. The van der Waals surface area contributed by atoms with Crippen molar-refractivity contribution in [3.8, 4) is 17.5 Å². The topological polar surface area (TPSA) is 67.6 Å². The van der Waals surface area contributed by atoms with Crippen LogP contribution in [0.3, 0.4) is 0 Å². The van der Waals surface area contributed by atoms with Crippen LogP contribution in [0.1, 0.15) is 12.7 Å². The minimum absolute atomic E-state index is 0.215. The van der Waals surface area contributed by atoms with Crippen LogP contribution < -0.4 is 0 Å². The third kappa shape index (κ3) is 3.58. The standard InChI is InChI=1S/C16H13ClN4OS/c1-11(9-18)23-16-20-19-15(12-4-6-13(17)7-5-12)21(16)10-14-3-2-8-22-14/h2-8,11H,10H2,1H3. The third-order valence-corrected chi connectivity index (χ3v) is 4.40. The van der Waals surface area contributed by atoms with Crippen LogP contribution in [0.2, 0.25) is 5.02 Å². The van der Waals surface area contributed by atoms with Crippen molar-refractivity contribution in [3.63, 3.8) is 0 Å². The van der Waals surface area contributed by atoms with Gasteiger partial charge in [-0.2, -0.15) is 5.26 Å². The van der Waals surface area contributed by atoms with Crippen molar-refractivity contribution >= 4 is 23.4 Å². The van der Waals surface area contributed by atoms with Crippen molar-refractivity contribution in [2.45, 2.75) is 23.9 Å². The highest BCUT2D eigenvalue weighted by Gasteiger charge is 2.17. The molecular weight excluding hydrogens is 332 g/mol. The quantitative estimate of drug-likeness (QED) is 0.647. The molecule has 0 fully saturated rings. The maximum atomic E-state index is 9.04. The largest absolute Gasteiger partial charge is 0.467 e. The number of benzene rings is 1. The number of thioether (sulfide) groups is 1. The molecule has 0 saturated carbocycles. The predicted octanol–water partition coefficient (Wildman–Crippen LogP) is 4.24. The highest BCUT2D eigenvalue weighted by Crippen LogP contribution is 2.28. The molecule has 0 amide bonds. The lowest BCUT2D eigenvalue weighted by Gasteiger charge is -2.09. The summed E-state index contributed by atoms with van der Waals surface area (Å²) in [5.74, 6) is 1.51. The Hall–Kier alpha value is -2.23. The Morgan fingerprint density at radius 1 is 1.30 bits per heavy atom. The Balaban J connectivity index is 2.01. The first-order valence-electron chi connectivity index (χ1n) is 6.95. The van der Waals surface area contributed by atoms with Gasteiger partial charge < -0.3 is 4.42 Å². The predicted molar refractivity (Wildman–Crippen MR) is 89.2 cm³/mol. The van der Waals surface area contributed by atoms with Crippen LogP contribution >= 0.6 is 23.4 Å². The van der Waals surface area contributed by atoms with Gasteiger partial charge >= 0.3 is 0 Å². The number of nitrogens with zero attached hydrogens (tertiary/aromatic N) is 4. The Kier molecular flexibility index (Phi) is 4.70. The lowest BCUT2D eigenvalue weighted by atomic mass is 10.2. The molecule has 0 bridgehead atoms. The van der Waals surface area contributed by atoms with Crippen LogP contribution in [0.5, 0.6) is 0 Å². The van der Waals surface area contributed by atoms with E-state index in [9.17, 15) is 0 Å². The molecule has 3 aromatic rings. The number of furan rings is 1. The van der Waals surface area contributed by atoms with E-state index in [-0.39, 0.29) is 5.25 Å². The average Bonchev–Trinajstić information content (AvgIpc) is 3.20. The van der Waals surface area contributed by atoms with E-state index >= 15 is 0 Å². The average molecular weight is 345 g/mol. The lowest BCUT2D eigenvalue weighted by molar-refractivity contribution is 0.485. The fourth-order valence-electron chi connectivity index (χ4n) is 2.07. The van der Waals surface area contributed by atoms with Crippen molar-refractivity contribution in [3.05, 3.63) is 53.4 Å². The number of nitriles is 1. The number of rotatable bonds is 5. The molecule has 2 aromatic heterocycles. The summed E-state index contributed by atoms with van der Waals surface area (Å²) in [5, 5.41) is 18.7. The molecule has 0 saturated heterocycles. The van der Waals surface area contributed by atoms with Gasteiger partial charge in [-0.1, -0.05) is 23.4 Å². The highest BCUT2D eigenvalue weighted by molar-refractivity contribution is 8.00. The fourth-order valence-corrected chi connectivity index (χ4v) is 2.93. The molecule has 3 rings (SSSR count). The first kappa shape index (κ1) is 15.7. The molecule has 7 heteroatoms. The van der Waals surface area contributed by atoms with E-state index in [1.54, 1.807) is 6.26 Å². The summed E-state index contributed by atoms with van der Waals surface area (Å²) in [7, 11) is 0. The maximum absolute atomic E-state index is 9.04. The van der Waals surface area contributed by atoms with Crippen molar-refractivity contribution in [2.24, 2.45) is 0 Å². The molecule has 1 atom stereocenters. The molecular formula is C16H13ClN4OS. The van der Waals surface area contributed by atoms with Crippen LogP contribution in [0.4, 0.5) is 0 Å². The van der Waals surface area contributed by atoms with Gasteiger partial charge in [-0.15, -0.1) is 10.2 Å². The first-order valence-corrected chi connectivity index (χ1v) is 8.21. The van der Waals surface area contributed by atoms with E-state index in [4.69, 9.17) is 21.3 Å². The molecule has 0 spiro atoms. The molecule has 1 aromatic carbocycles. The van der Waals surface area contributed by atoms with Crippen molar-refractivity contribution < 1.29 is 4.42 Å². The fraction of sp³-hybridized carbons (Fsp3) is 0.188. The van der Waals surface area contributed by atoms with Gasteiger partial charge in [0.15, 0.2) is 11.0 Å². The lowest BCUT2D eigenvalue weighted by Crippen LogP contribution is -2.05. The monoisotopic (exact) mass is 344 g/mol. The Morgan fingerprint density at radius 3 is 2.74 bits per heavy atom. The van der Waals surface area contributed by atoms with Crippen molar-refractivity contribution in [1.82, 2.24) is 14.8 Å². The molecule has 23 heavy (non-hydrogen) atoms. The summed E-state index contributed by atoms with van der Waals surface area (Å²) in [6.07, 6.45) is 1.63. The van der Waals surface area contributed by atoms with E-state index < -0.39 is 0 Å². The van der Waals surface area contributed by atoms with Crippen LogP contribution in [0, 0.1) is 11.3 Å². The molecule has 5 nitrogen and oxygen atoms in total. The Bertz CT molecular complexity index is 821. The van der Waals surface area contributed by atoms with E-state index in [0.29, 0.717) is 22.5 Å². The van der Waals surface area contributed by atoms with Gasteiger partial charge in [-0.25, -0.2) is 0 Å². The van der Waals surface area contributed by atoms with Crippen LogP contribution in [-0.2, 0) is 6.54 Å². The molecule has 1 unspecified atom stereocenters. The zero-order chi connectivity index (χ0) is 16.2. The molecule has 0 N–H and O–H groups in total. The van der Waals surface area contributed by atoms with Gasteiger partial charge in [-0.3, -0.25) is 4.57 Å². The summed E-state index contributed by atoms with van der Waals surface area (Å²) in [4.78, 5) is 0. The van der Waals surface area contributed by atoms with Crippen LogP contribution in [0.25, 0.3) is 11.4 Å². The van der Waals surface area contributed by atoms with Gasteiger partial charge in [0.1, 0.15) is 5.76 Å². The summed E-state index contributed by atoms with van der Waals surface area (Å²) in [6, 6.07) is 13.4. The zero-order valence-corrected chi connectivity index (χ0v) is 13.9. The number of halogens is 1. The summed E-state index contributed by atoms with van der Waals surface area (Å²) < 4.78 is 7.38. The molecule has 0 aliphatic heterocycles. The van der Waals surface area contributed by atoms with Crippen molar-refractivity contribution in [2.75, 3.05) is 0 Å². The highest BCUT2D eigenvalue weighted by atomic mass is 35.5. The van der Waals surface area contributed by atoms with Gasteiger partial charge in [-0.05, 0) is 43.3 Å². The molecule has 0 aliphatic carbocycles. The zero-order valence-electron chi connectivity index (χ0n) is 12.3. The number of hydrogen-bond acceptors (Lipinski definition) is 5. The molecule has 0 aliphatic rings. The van der Waals surface area contributed by atoms with Gasteiger partial charge in [0.25, 0.3) is 0 Å². The number of hydrogen-bond donors (Lipinski definition) is 0. The van der Waals surface area contributed by atoms with Gasteiger partial charge in [0, 0.05) is 10.6 Å². The van der Waals surface area contributed by atoms with Crippen molar-refractivity contribution in [1.29, 1.82) is 5.26 Å². The molecule has 2 heterocycles. The minimum atomic E-state index is -0.215. The summed E-state index contributed by atoms with van der Waals surface area (Å²) in [5.41, 5.74) is 0.907. The second kappa shape index (κ2) is 6.90. The Morgan fingerprint density at radius 2 is 2.09 bits per heavy atom. The van der Waals surface area contributed by atoms with Crippen LogP contribution in [0.15, 0.2) is 52.2 Å². The smallest absolute Gasteiger partial charge is 0.193 e. The summed E-state index contributed by atoms with van der Waals surface area (Å²) >= 11 is 7.32. The van der Waals surface area contributed by atoms with Crippen LogP contribution in [-0.4, -0.2) is 20.0 Å². The van der Waals surface area contributed by atoms with E-state index in [1.165, 1.54) is 11.8 Å². The van der Waals surface area contributed by atoms with E-state index in [2.05, 4.69) is 16.3 Å². The van der Waals surface area contributed by atoms with Gasteiger partial charge in [0.05, 0.1) is 24.1 Å².